The Bertz CT molecular complexity index is 700. The molecule has 3 rings (SSSR count). The summed E-state index contributed by atoms with van der Waals surface area (Å²) in [4.78, 5) is 0. The van der Waals surface area contributed by atoms with Crippen molar-refractivity contribution in [2.24, 2.45) is 5.73 Å². The molecule has 3 nitrogen and oxygen atoms in total. The molecule has 2 aromatic rings. The molecule has 4 N–H and O–H groups in total. The molecule has 0 fully saturated rings. The van der Waals surface area contributed by atoms with Crippen molar-refractivity contribution in [1.82, 2.24) is 0 Å². The van der Waals surface area contributed by atoms with Crippen LogP contribution in [0.1, 0.15) is 35.3 Å². The minimum atomic E-state index is -0.984. The van der Waals surface area contributed by atoms with E-state index in [0.29, 0.717) is 17.9 Å². The van der Waals surface area contributed by atoms with Gasteiger partial charge < -0.3 is 16.2 Å². The fraction of sp³-hybridized carbons (Fsp3) is 0.263. The highest BCUT2D eigenvalue weighted by atomic mass is 19.1. The second kappa shape index (κ2) is 6.94. The third kappa shape index (κ3) is 3.28. The van der Waals surface area contributed by atoms with Gasteiger partial charge in [-0.2, -0.15) is 0 Å². The van der Waals surface area contributed by atoms with Crippen LogP contribution in [-0.2, 0) is 6.42 Å². The predicted molar refractivity (Wildman–Crippen MR) is 90.8 cm³/mol. The number of nitrogens with one attached hydrogen (secondary N) is 1. The van der Waals surface area contributed by atoms with Gasteiger partial charge in [0.15, 0.2) is 0 Å². The van der Waals surface area contributed by atoms with Crippen LogP contribution in [0, 0.1) is 0 Å². The molecule has 2 aromatic carbocycles. The summed E-state index contributed by atoms with van der Waals surface area (Å²) < 4.78 is 12.8. The number of anilines is 1. The summed E-state index contributed by atoms with van der Waals surface area (Å²) in [6.45, 7) is 0.00306. The Morgan fingerprint density at radius 3 is 2.78 bits per heavy atom. The third-order valence-electron chi connectivity index (χ3n) is 4.41. The molecule has 0 saturated heterocycles. The fourth-order valence-electron chi connectivity index (χ4n) is 3.06. The zero-order valence-corrected chi connectivity index (χ0v) is 12.9. The molecular formula is C19H21FN2O. The normalized spacial score (nSPS) is 18.9. The van der Waals surface area contributed by atoms with E-state index in [-0.39, 0.29) is 12.1 Å². The zero-order chi connectivity index (χ0) is 16.2. The van der Waals surface area contributed by atoms with Gasteiger partial charge in [-0.25, -0.2) is 4.39 Å². The largest absolute Gasteiger partial charge is 0.384 e. The molecule has 120 valence electrons. The number of nitrogens with two attached hydrogens (primary N) is 1. The fourth-order valence-corrected chi connectivity index (χ4v) is 3.06. The number of aryl methyl sites for hydroxylation is 1. The van der Waals surface area contributed by atoms with E-state index in [0.717, 1.165) is 24.1 Å². The molecule has 1 aliphatic heterocycles. The number of halogens is 1. The summed E-state index contributed by atoms with van der Waals surface area (Å²) >= 11 is 0. The van der Waals surface area contributed by atoms with Crippen molar-refractivity contribution >= 4 is 5.69 Å². The predicted octanol–water partition coefficient (Wildman–Crippen LogP) is 3.63. The van der Waals surface area contributed by atoms with E-state index in [1.807, 2.05) is 36.4 Å². The molecule has 2 atom stereocenters. The molecule has 0 bridgehead atoms. The van der Waals surface area contributed by atoms with Crippen molar-refractivity contribution < 1.29 is 9.50 Å². The lowest BCUT2D eigenvalue weighted by Gasteiger charge is -2.28. The number of benzene rings is 2. The Morgan fingerprint density at radius 1 is 1.30 bits per heavy atom. The highest BCUT2D eigenvalue weighted by molar-refractivity contribution is 5.57. The van der Waals surface area contributed by atoms with Crippen LogP contribution in [0.25, 0.3) is 0 Å². The van der Waals surface area contributed by atoms with Gasteiger partial charge in [0.2, 0.25) is 0 Å². The van der Waals surface area contributed by atoms with E-state index in [1.165, 1.54) is 5.56 Å². The first-order chi connectivity index (χ1) is 11.2. The van der Waals surface area contributed by atoms with Gasteiger partial charge in [-0.05, 0) is 35.6 Å². The Kier molecular flexibility index (Phi) is 4.74. The molecule has 2 unspecified atom stereocenters. The molecule has 0 aliphatic carbocycles. The highest BCUT2D eigenvalue weighted by Gasteiger charge is 2.21. The maximum atomic E-state index is 12.8. The maximum absolute atomic E-state index is 12.8. The van der Waals surface area contributed by atoms with E-state index in [4.69, 9.17) is 5.73 Å². The lowest BCUT2D eigenvalue weighted by atomic mass is 9.91. The SMILES string of the molecule is NC/C(=C/F)C(O)c1ccc2c(c1)CCC(c1ccccc1)N2. The lowest BCUT2D eigenvalue weighted by Crippen LogP contribution is -2.18. The number of hydrogen-bond acceptors (Lipinski definition) is 3. The summed E-state index contributed by atoms with van der Waals surface area (Å²) in [6, 6.07) is 16.4. The maximum Gasteiger partial charge on any atom is 0.104 e. The topological polar surface area (TPSA) is 58.3 Å². The van der Waals surface area contributed by atoms with Crippen LogP contribution in [0.15, 0.2) is 60.4 Å². The Hall–Kier alpha value is -2.17. The monoisotopic (exact) mass is 312 g/mol. The van der Waals surface area contributed by atoms with Crippen molar-refractivity contribution in [3.63, 3.8) is 0 Å². The van der Waals surface area contributed by atoms with Gasteiger partial charge in [-0.1, -0.05) is 42.5 Å². The van der Waals surface area contributed by atoms with E-state index < -0.39 is 6.10 Å². The number of rotatable bonds is 4. The molecular weight excluding hydrogens is 291 g/mol. The van der Waals surface area contributed by atoms with Crippen LogP contribution in [0.4, 0.5) is 10.1 Å². The van der Waals surface area contributed by atoms with Crippen molar-refractivity contribution in [1.29, 1.82) is 0 Å². The molecule has 4 heteroatoms. The summed E-state index contributed by atoms with van der Waals surface area (Å²) in [7, 11) is 0. The van der Waals surface area contributed by atoms with Gasteiger partial charge in [0.25, 0.3) is 0 Å². The molecule has 1 heterocycles. The van der Waals surface area contributed by atoms with E-state index >= 15 is 0 Å². The van der Waals surface area contributed by atoms with Gasteiger partial charge >= 0.3 is 0 Å². The quantitative estimate of drug-likeness (QED) is 0.808. The average Bonchev–Trinajstić information content (AvgIpc) is 2.62. The molecule has 0 saturated carbocycles. The number of fused-ring (bicyclic) bond motifs is 1. The lowest BCUT2D eigenvalue weighted by molar-refractivity contribution is 0.212. The van der Waals surface area contributed by atoms with Crippen molar-refractivity contribution in [3.05, 3.63) is 77.1 Å². The summed E-state index contributed by atoms with van der Waals surface area (Å²) in [5.74, 6) is 0. The molecule has 0 aromatic heterocycles. The van der Waals surface area contributed by atoms with Crippen LogP contribution >= 0.6 is 0 Å². The van der Waals surface area contributed by atoms with E-state index in [1.54, 1.807) is 0 Å². The third-order valence-corrected chi connectivity index (χ3v) is 4.41. The molecule has 0 radical (unpaired) electrons. The van der Waals surface area contributed by atoms with Crippen LogP contribution in [0.5, 0.6) is 0 Å². The zero-order valence-electron chi connectivity index (χ0n) is 12.9. The second-order valence-electron chi connectivity index (χ2n) is 5.85. The Morgan fingerprint density at radius 2 is 2.09 bits per heavy atom. The first kappa shape index (κ1) is 15.7. The van der Waals surface area contributed by atoms with E-state index in [2.05, 4.69) is 17.4 Å². The minimum absolute atomic E-state index is 0.00306. The molecule has 0 amide bonds. The first-order valence-corrected chi connectivity index (χ1v) is 7.84. The number of hydrogen-bond donors (Lipinski definition) is 3. The second-order valence-corrected chi connectivity index (χ2v) is 5.85. The molecule has 0 spiro atoms. The van der Waals surface area contributed by atoms with Gasteiger partial charge in [0, 0.05) is 17.8 Å². The minimum Gasteiger partial charge on any atom is -0.384 e. The van der Waals surface area contributed by atoms with Gasteiger partial charge in [0.05, 0.1) is 12.4 Å². The number of aliphatic hydroxyl groups excluding tert-OH is 1. The van der Waals surface area contributed by atoms with Crippen LogP contribution < -0.4 is 11.1 Å². The van der Waals surface area contributed by atoms with Gasteiger partial charge in [0.1, 0.15) is 6.10 Å². The van der Waals surface area contributed by atoms with Gasteiger partial charge in [-0.15, -0.1) is 0 Å². The van der Waals surface area contributed by atoms with Crippen molar-refractivity contribution in [2.75, 3.05) is 11.9 Å². The Labute approximate surface area is 135 Å². The van der Waals surface area contributed by atoms with Crippen molar-refractivity contribution in [3.8, 4) is 0 Å². The number of aliphatic hydroxyl groups is 1. The summed E-state index contributed by atoms with van der Waals surface area (Å²) in [6.07, 6.45) is 1.31. The van der Waals surface area contributed by atoms with Crippen LogP contribution in [-0.4, -0.2) is 11.7 Å². The molecule has 1 aliphatic rings. The van der Waals surface area contributed by atoms with Crippen LogP contribution in [0.3, 0.4) is 0 Å². The van der Waals surface area contributed by atoms with Crippen molar-refractivity contribution in [2.45, 2.75) is 25.0 Å². The Balaban J connectivity index is 1.81. The van der Waals surface area contributed by atoms with E-state index in [9.17, 15) is 9.50 Å². The van der Waals surface area contributed by atoms with Gasteiger partial charge in [-0.3, -0.25) is 0 Å². The standard InChI is InChI=1S/C19H21FN2O/c20-11-16(12-21)19(23)15-7-9-18-14(10-15)6-8-17(22-18)13-4-2-1-3-5-13/h1-5,7,9-11,17,19,22-23H,6,8,12,21H2/b16-11-. The summed E-state index contributed by atoms with van der Waals surface area (Å²) in [5, 5.41) is 13.7. The van der Waals surface area contributed by atoms with Crippen LogP contribution in [0.2, 0.25) is 0 Å². The summed E-state index contributed by atoms with van der Waals surface area (Å²) in [5.41, 5.74) is 9.81. The first-order valence-electron chi connectivity index (χ1n) is 7.84. The smallest absolute Gasteiger partial charge is 0.104 e. The highest BCUT2D eigenvalue weighted by Crippen LogP contribution is 2.34. The average molecular weight is 312 g/mol. The molecule has 23 heavy (non-hydrogen) atoms.